The summed E-state index contributed by atoms with van der Waals surface area (Å²) in [5.74, 6) is 0. The molecule has 1 fully saturated rings. The first kappa shape index (κ1) is 10.0. The van der Waals surface area contributed by atoms with Gasteiger partial charge in [0.1, 0.15) is 0 Å². The van der Waals surface area contributed by atoms with E-state index in [9.17, 15) is 5.11 Å². The molecule has 0 bridgehead atoms. The Kier molecular flexibility index (Phi) is 4.02. The van der Waals surface area contributed by atoms with E-state index in [0.29, 0.717) is 12.1 Å². The molecule has 0 aliphatic heterocycles. The van der Waals surface area contributed by atoms with E-state index in [2.05, 4.69) is 19.2 Å². The second-order valence-corrected chi connectivity index (χ2v) is 3.93. The van der Waals surface area contributed by atoms with Crippen LogP contribution in [0.5, 0.6) is 0 Å². The van der Waals surface area contributed by atoms with Gasteiger partial charge in [0.15, 0.2) is 0 Å². The van der Waals surface area contributed by atoms with Gasteiger partial charge in [-0.1, -0.05) is 19.8 Å². The maximum absolute atomic E-state index is 9.65. The normalized spacial score (nSPS) is 33.2. The van der Waals surface area contributed by atoms with Gasteiger partial charge in [-0.05, 0) is 26.2 Å². The van der Waals surface area contributed by atoms with Crippen molar-refractivity contribution in [1.29, 1.82) is 0 Å². The average molecular weight is 171 g/mol. The van der Waals surface area contributed by atoms with Crippen LogP contribution in [0.1, 0.15) is 46.0 Å². The zero-order valence-corrected chi connectivity index (χ0v) is 8.21. The van der Waals surface area contributed by atoms with E-state index < -0.39 is 0 Å². The second-order valence-electron chi connectivity index (χ2n) is 3.93. The Morgan fingerprint density at radius 1 is 1.42 bits per heavy atom. The molecule has 2 N–H and O–H groups in total. The molecule has 2 nitrogen and oxygen atoms in total. The summed E-state index contributed by atoms with van der Waals surface area (Å²) in [7, 11) is 0. The van der Waals surface area contributed by atoms with Crippen LogP contribution in [-0.4, -0.2) is 23.3 Å². The van der Waals surface area contributed by atoms with E-state index >= 15 is 0 Å². The quantitative estimate of drug-likeness (QED) is 0.677. The molecule has 2 heteroatoms. The average Bonchev–Trinajstić information content (AvgIpc) is 2.09. The summed E-state index contributed by atoms with van der Waals surface area (Å²) in [5.41, 5.74) is 0. The Morgan fingerprint density at radius 3 is 2.67 bits per heavy atom. The van der Waals surface area contributed by atoms with Gasteiger partial charge in [-0.25, -0.2) is 0 Å². The van der Waals surface area contributed by atoms with Gasteiger partial charge < -0.3 is 10.4 Å². The van der Waals surface area contributed by atoms with Crippen LogP contribution >= 0.6 is 0 Å². The molecule has 72 valence electrons. The molecule has 0 spiro atoms. The van der Waals surface area contributed by atoms with Gasteiger partial charge in [0.2, 0.25) is 0 Å². The fraction of sp³-hybridized carbons (Fsp3) is 1.00. The van der Waals surface area contributed by atoms with Crippen molar-refractivity contribution in [3.63, 3.8) is 0 Å². The van der Waals surface area contributed by atoms with Crippen LogP contribution in [-0.2, 0) is 0 Å². The standard InChI is InChI=1S/C10H21NO/c1-3-8(2)11-9-6-4-5-7-10(9)12/h8-12H,3-7H2,1-2H3/t8-,9+,10-/m0/s1. The summed E-state index contributed by atoms with van der Waals surface area (Å²) in [6, 6.07) is 0.899. The van der Waals surface area contributed by atoms with E-state index in [1.165, 1.54) is 12.8 Å². The van der Waals surface area contributed by atoms with Crippen molar-refractivity contribution in [2.24, 2.45) is 0 Å². The number of aliphatic hydroxyl groups is 1. The van der Waals surface area contributed by atoms with Crippen molar-refractivity contribution in [3.8, 4) is 0 Å². The summed E-state index contributed by atoms with van der Waals surface area (Å²) in [6.07, 6.45) is 5.63. The van der Waals surface area contributed by atoms with Crippen LogP contribution in [0.25, 0.3) is 0 Å². The zero-order valence-electron chi connectivity index (χ0n) is 8.21. The third-order valence-corrected chi connectivity index (χ3v) is 2.84. The van der Waals surface area contributed by atoms with E-state index in [0.717, 1.165) is 19.3 Å². The van der Waals surface area contributed by atoms with Gasteiger partial charge in [-0.3, -0.25) is 0 Å². The Balaban J connectivity index is 2.28. The molecule has 1 saturated carbocycles. The number of aliphatic hydroxyl groups excluding tert-OH is 1. The zero-order chi connectivity index (χ0) is 8.97. The summed E-state index contributed by atoms with van der Waals surface area (Å²) < 4.78 is 0. The summed E-state index contributed by atoms with van der Waals surface area (Å²) in [5, 5.41) is 13.1. The number of hydrogen-bond acceptors (Lipinski definition) is 2. The highest BCUT2D eigenvalue weighted by atomic mass is 16.3. The Bertz CT molecular complexity index is 127. The Morgan fingerprint density at radius 2 is 2.08 bits per heavy atom. The lowest BCUT2D eigenvalue weighted by atomic mass is 9.92. The van der Waals surface area contributed by atoms with Crippen molar-refractivity contribution in [1.82, 2.24) is 5.32 Å². The van der Waals surface area contributed by atoms with Crippen molar-refractivity contribution in [2.75, 3.05) is 0 Å². The topological polar surface area (TPSA) is 32.3 Å². The fourth-order valence-electron chi connectivity index (χ4n) is 1.79. The molecule has 0 heterocycles. The Labute approximate surface area is 75.4 Å². The predicted molar refractivity (Wildman–Crippen MR) is 51.2 cm³/mol. The van der Waals surface area contributed by atoms with Gasteiger partial charge in [-0.2, -0.15) is 0 Å². The highest BCUT2D eigenvalue weighted by molar-refractivity contribution is 4.81. The molecule has 1 aliphatic rings. The lowest BCUT2D eigenvalue weighted by Gasteiger charge is -2.30. The van der Waals surface area contributed by atoms with Gasteiger partial charge in [-0.15, -0.1) is 0 Å². The van der Waals surface area contributed by atoms with Crippen molar-refractivity contribution in [2.45, 2.75) is 64.1 Å². The second kappa shape index (κ2) is 4.83. The molecule has 3 atom stereocenters. The minimum absolute atomic E-state index is 0.104. The SMILES string of the molecule is CC[C@H](C)N[C@@H]1CCCC[C@@H]1O. The molecule has 1 rings (SSSR count). The molecule has 12 heavy (non-hydrogen) atoms. The molecule has 0 aromatic rings. The summed E-state index contributed by atoms with van der Waals surface area (Å²) >= 11 is 0. The van der Waals surface area contributed by atoms with Crippen LogP contribution in [0.3, 0.4) is 0 Å². The van der Waals surface area contributed by atoms with E-state index in [-0.39, 0.29) is 6.10 Å². The van der Waals surface area contributed by atoms with E-state index in [4.69, 9.17) is 0 Å². The monoisotopic (exact) mass is 171 g/mol. The molecule has 1 aliphatic carbocycles. The van der Waals surface area contributed by atoms with Crippen LogP contribution in [0.4, 0.5) is 0 Å². The number of nitrogens with one attached hydrogen (secondary N) is 1. The van der Waals surface area contributed by atoms with Gasteiger partial charge in [0, 0.05) is 12.1 Å². The molecule has 0 amide bonds. The van der Waals surface area contributed by atoms with Crippen LogP contribution in [0.15, 0.2) is 0 Å². The maximum atomic E-state index is 9.65. The fourth-order valence-corrected chi connectivity index (χ4v) is 1.79. The first-order chi connectivity index (χ1) is 5.74. The summed E-state index contributed by atoms with van der Waals surface area (Å²) in [6.45, 7) is 4.36. The Hall–Kier alpha value is -0.0800. The number of rotatable bonds is 3. The molecule has 0 aromatic carbocycles. The van der Waals surface area contributed by atoms with Gasteiger partial charge >= 0.3 is 0 Å². The molecule has 0 radical (unpaired) electrons. The van der Waals surface area contributed by atoms with Crippen molar-refractivity contribution >= 4 is 0 Å². The lowest BCUT2D eigenvalue weighted by molar-refractivity contribution is 0.0857. The first-order valence-electron chi connectivity index (χ1n) is 5.18. The van der Waals surface area contributed by atoms with Crippen LogP contribution < -0.4 is 5.32 Å². The van der Waals surface area contributed by atoms with Crippen LogP contribution in [0.2, 0.25) is 0 Å². The molecular formula is C10H21NO. The highest BCUT2D eigenvalue weighted by Gasteiger charge is 2.23. The molecule has 0 unspecified atom stereocenters. The van der Waals surface area contributed by atoms with E-state index in [1.54, 1.807) is 0 Å². The minimum atomic E-state index is -0.104. The van der Waals surface area contributed by atoms with Gasteiger partial charge in [0.25, 0.3) is 0 Å². The van der Waals surface area contributed by atoms with Crippen molar-refractivity contribution < 1.29 is 5.11 Å². The summed E-state index contributed by atoms with van der Waals surface area (Å²) in [4.78, 5) is 0. The van der Waals surface area contributed by atoms with Gasteiger partial charge in [0.05, 0.1) is 6.10 Å². The lowest BCUT2D eigenvalue weighted by Crippen LogP contribution is -2.45. The maximum Gasteiger partial charge on any atom is 0.0693 e. The molecular weight excluding hydrogens is 150 g/mol. The van der Waals surface area contributed by atoms with E-state index in [1.807, 2.05) is 0 Å². The predicted octanol–water partition coefficient (Wildman–Crippen LogP) is 1.68. The largest absolute Gasteiger partial charge is 0.392 e. The number of hydrogen-bond donors (Lipinski definition) is 2. The smallest absolute Gasteiger partial charge is 0.0693 e. The first-order valence-corrected chi connectivity index (χ1v) is 5.18. The van der Waals surface area contributed by atoms with Crippen molar-refractivity contribution in [3.05, 3.63) is 0 Å². The third-order valence-electron chi connectivity index (χ3n) is 2.84. The molecule has 0 saturated heterocycles. The highest BCUT2D eigenvalue weighted by Crippen LogP contribution is 2.18. The minimum Gasteiger partial charge on any atom is -0.392 e. The van der Waals surface area contributed by atoms with Crippen LogP contribution in [0, 0.1) is 0 Å². The molecule has 0 aromatic heterocycles. The third kappa shape index (κ3) is 2.76.